The molecule has 4 aliphatic rings. The molecule has 2 unspecified atom stereocenters. The molecule has 0 saturated carbocycles. The smallest absolute Gasteiger partial charge is 0.0891 e. The highest BCUT2D eigenvalue weighted by atomic mass is 16.5. The van der Waals surface area contributed by atoms with E-state index >= 15 is 0 Å². The van der Waals surface area contributed by atoms with Crippen LogP contribution >= 0.6 is 0 Å². The lowest BCUT2D eigenvalue weighted by molar-refractivity contribution is -0.162. The first kappa shape index (κ1) is 28.8. The van der Waals surface area contributed by atoms with Crippen molar-refractivity contribution in [3.8, 4) is 0 Å². The van der Waals surface area contributed by atoms with Crippen molar-refractivity contribution in [2.24, 2.45) is 10.8 Å². The minimum absolute atomic E-state index is 0.0183. The minimum atomic E-state index is -1.99. The number of aromatic nitrogens is 2. The largest absolute Gasteiger partial charge is 0.397 e. The van der Waals surface area contributed by atoms with Crippen LogP contribution in [-0.4, -0.2) is 32.4 Å². The Kier molecular flexibility index (Phi) is 7.90. The van der Waals surface area contributed by atoms with Crippen LogP contribution in [-0.2, 0) is 9.47 Å². The molecule has 2 atom stereocenters. The molecule has 4 heterocycles. The van der Waals surface area contributed by atoms with Crippen LogP contribution in [0.15, 0.2) is 36.4 Å². The van der Waals surface area contributed by atoms with Crippen molar-refractivity contribution in [1.82, 2.24) is 9.97 Å². The Morgan fingerprint density at radius 3 is 1.48 bits per heavy atom. The number of hydrogen-bond acceptors (Lipinski definition) is 6. The number of nitrogens with zero attached hydrogens (tertiary/aromatic N) is 2. The molecule has 0 amide bonds. The van der Waals surface area contributed by atoms with Gasteiger partial charge in [0.15, 0.2) is 0 Å². The van der Waals surface area contributed by atoms with Gasteiger partial charge in [0.25, 0.3) is 0 Å². The summed E-state index contributed by atoms with van der Waals surface area (Å²) in [4.78, 5) is 9.59. The molecule has 2 fully saturated rings. The second-order valence-corrected chi connectivity index (χ2v) is 18.8. The predicted molar refractivity (Wildman–Crippen MR) is 211 cm³/mol. The van der Waals surface area contributed by atoms with Gasteiger partial charge < -0.3 is 20.9 Å². The molecule has 0 spiro atoms. The standard InChI is InChI=1S/2C22H34N2O/c2*1-20(2)11-9-15(10-12-20)19-17(23)7-8-18(24-19)16-13-21(3,4)25-22(5,6)14-16/h2*7-9,16H,10-14,23H2,1-6H3/i9D,10D2,12D;9D,10D2,11D. The Hall–Kier alpha value is -2.70. The Labute approximate surface area is 315 Å². The van der Waals surface area contributed by atoms with Crippen molar-refractivity contribution in [2.75, 3.05) is 11.5 Å². The summed E-state index contributed by atoms with van der Waals surface area (Å²) in [5.41, 5.74) is 13.5. The van der Waals surface area contributed by atoms with Crippen LogP contribution in [0.5, 0.6) is 0 Å². The van der Waals surface area contributed by atoms with E-state index in [0.29, 0.717) is 29.2 Å². The molecule has 0 aromatic carbocycles. The summed E-state index contributed by atoms with van der Waals surface area (Å²) in [5.74, 6) is 0.307. The van der Waals surface area contributed by atoms with Crippen molar-refractivity contribution in [2.45, 2.75) is 181 Å². The zero-order chi connectivity index (χ0) is 44.0. The SMILES string of the molecule is [2H]C1=C(c2nc(C3CC(C)(C)OC(C)(C)C3)ccc2N)C([2H])([2H])C([2H])C(C)(C)C1.[2H]C1=C(c2nc(C3CC(C)(C)OC(C)(C)C3)ccc2N)C([2H])([2H])CC(C)(C)C1[2H]. The molecular weight excluding hydrogens is 617 g/mol. The monoisotopic (exact) mass is 693 g/mol. The fraction of sp³-hybridized carbons (Fsp3) is 0.682. The summed E-state index contributed by atoms with van der Waals surface area (Å²) in [7, 11) is 0. The average Bonchev–Trinajstić information content (AvgIpc) is 3.01. The van der Waals surface area contributed by atoms with Crippen LogP contribution in [0.4, 0.5) is 11.4 Å². The van der Waals surface area contributed by atoms with Gasteiger partial charge in [-0.1, -0.05) is 39.8 Å². The van der Waals surface area contributed by atoms with Crippen LogP contribution in [0.3, 0.4) is 0 Å². The third-order valence-corrected chi connectivity index (χ3v) is 9.92. The Balaban J connectivity index is 0.000000221. The maximum atomic E-state index is 8.64. The van der Waals surface area contributed by atoms with E-state index in [1.807, 2.05) is 39.8 Å². The third-order valence-electron chi connectivity index (χ3n) is 9.92. The quantitative estimate of drug-likeness (QED) is 0.331. The maximum absolute atomic E-state index is 8.64. The number of anilines is 2. The first-order chi connectivity index (χ1) is 26.1. The summed E-state index contributed by atoms with van der Waals surface area (Å²) >= 11 is 0. The summed E-state index contributed by atoms with van der Waals surface area (Å²) in [6.07, 6.45) is -1.84. The van der Waals surface area contributed by atoms with Gasteiger partial charge in [0.1, 0.15) is 0 Å². The summed E-state index contributed by atoms with van der Waals surface area (Å²) in [6, 6.07) is 7.52. The summed E-state index contributed by atoms with van der Waals surface area (Å²) < 4.78 is 81.0. The van der Waals surface area contributed by atoms with Crippen molar-refractivity contribution in [1.29, 1.82) is 0 Å². The normalized spacial score (nSPS) is 33.1. The van der Waals surface area contributed by atoms with Crippen LogP contribution < -0.4 is 11.5 Å². The molecule has 0 radical (unpaired) electrons. The molecule has 2 aliphatic carbocycles. The van der Waals surface area contributed by atoms with Crippen molar-refractivity contribution < 1.29 is 20.4 Å². The van der Waals surface area contributed by atoms with Gasteiger partial charge in [-0.25, -0.2) is 0 Å². The number of hydrogen-bond donors (Lipinski definition) is 2. The lowest BCUT2D eigenvalue weighted by atomic mass is 9.77. The van der Waals surface area contributed by atoms with E-state index in [9.17, 15) is 0 Å². The lowest BCUT2D eigenvalue weighted by Gasteiger charge is -2.45. The fourth-order valence-electron chi connectivity index (χ4n) is 8.10. The molecule has 2 saturated heterocycles. The number of nitrogen functional groups attached to an aromatic ring is 2. The highest BCUT2D eigenvalue weighted by Crippen LogP contribution is 2.46. The van der Waals surface area contributed by atoms with Crippen LogP contribution in [0.1, 0.15) is 193 Å². The number of allylic oxidation sites excluding steroid dienone is 4. The van der Waals surface area contributed by atoms with Crippen LogP contribution in [0.2, 0.25) is 0 Å². The molecule has 2 aromatic rings. The second-order valence-electron chi connectivity index (χ2n) is 18.8. The predicted octanol–water partition coefficient (Wildman–Crippen LogP) is 11.4. The number of pyridine rings is 2. The molecule has 6 nitrogen and oxygen atoms in total. The van der Waals surface area contributed by atoms with Gasteiger partial charge >= 0.3 is 0 Å². The van der Waals surface area contributed by atoms with E-state index in [1.165, 1.54) is 0 Å². The molecular formula is C44H68N4O2. The molecule has 6 rings (SSSR count). The second kappa shape index (κ2) is 13.7. The zero-order valence-corrected chi connectivity index (χ0v) is 32.7. The summed E-state index contributed by atoms with van der Waals surface area (Å²) in [5, 5.41) is 0. The van der Waals surface area contributed by atoms with Gasteiger partial charge in [-0.3, -0.25) is 9.97 Å². The molecule has 276 valence electrons. The van der Waals surface area contributed by atoms with Crippen molar-refractivity contribution in [3.63, 3.8) is 0 Å². The molecule has 50 heavy (non-hydrogen) atoms. The van der Waals surface area contributed by atoms with Crippen LogP contribution in [0.25, 0.3) is 11.1 Å². The minimum Gasteiger partial charge on any atom is -0.397 e. The fourth-order valence-corrected chi connectivity index (χ4v) is 8.10. The van der Waals surface area contributed by atoms with E-state index < -0.39 is 36.4 Å². The highest BCUT2D eigenvalue weighted by Gasteiger charge is 2.42. The van der Waals surface area contributed by atoms with Gasteiger partial charge in [0.2, 0.25) is 0 Å². The van der Waals surface area contributed by atoms with E-state index in [4.69, 9.17) is 41.9 Å². The van der Waals surface area contributed by atoms with E-state index in [1.54, 1.807) is 12.1 Å². The average molecular weight is 693 g/mol. The Morgan fingerprint density at radius 2 is 1.04 bits per heavy atom. The van der Waals surface area contributed by atoms with Crippen LogP contribution in [0, 0.1) is 10.8 Å². The first-order valence-electron chi connectivity index (χ1n) is 22.5. The first-order valence-corrected chi connectivity index (χ1v) is 18.3. The third kappa shape index (κ3) is 9.79. The zero-order valence-electron chi connectivity index (χ0n) is 40.7. The topological polar surface area (TPSA) is 96.3 Å². The van der Waals surface area contributed by atoms with E-state index in [0.717, 1.165) is 37.1 Å². The highest BCUT2D eigenvalue weighted by molar-refractivity contribution is 5.73. The van der Waals surface area contributed by atoms with Gasteiger partial charge in [-0.05, 0) is 166 Å². The van der Waals surface area contributed by atoms with Gasteiger partial charge in [0, 0.05) is 31.4 Å². The van der Waals surface area contributed by atoms with Gasteiger partial charge in [0.05, 0.1) is 47.9 Å². The van der Waals surface area contributed by atoms with Gasteiger partial charge in [-0.15, -0.1) is 0 Å². The Bertz CT molecular complexity index is 1940. The molecule has 4 N–H and O–H groups in total. The number of ether oxygens (including phenoxy) is 2. The number of nitrogens with two attached hydrogens (primary N) is 2. The molecule has 6 heteroatoms. The van der Waals surface area contributed by atoms with Gasteiger partial charge in [-0.2, -0.15) is 0 Å². The Morgan fingerprint density at radius 1 is 0.620 bits per heavy atom. The van der Waals surface area contributed by atoms with Crippen molar-refractivity contribution in [3.05, 3.63) is 59.1 Å². The van der Waals surface area contributed by atoms with E-state index in [2.05, 4.69) is 55.4 Å². The molecule has 2 aromatic heterocycles. The lowest BCUT2D eigenvalue weighted by Crippen LogP contribution is -2.44. The van der Waals surface area contributed by atoms with Crippen molar-refractivity contribution >= 4 is 22.5 Å². The molecule has 0 bridgehead atoms. The maximum Gasteiger partial charge on any atom is 0.0891 e. The van der Waals surface area contributed by atoms with E-state index in [-0.39, 0.29) is 63.9 Å². The molecule has 2 aliphatic heterocycles. The summed E-state index contributed by atoms with van der Waals surface area (Å²) in [6.45, 7) is 24.0. The number of rotatable bonds is 4.